The van der Waals surface area contributed by atoms with E-state index in [2.05, 4.69) is 14.7 Å². The van der Waals surface area contributed by atoms with Gasteiger partial charge >= 0.3 is 12.3 Å². The molecule has 1 aromatic carbocycles. The first-order valence-corrected chi connectivity index (χ1v) is 6.11. The lowest BCUT2D eigenvalue weighted by atomic mass is 10.2. The van der Waals surface area contributed by atoms with Crippen LogP contribution in [-0.2, 0) is 0 Å². The highest BCUT2D eigenvalue weighted by Crippen LogP contribution is 2.24. The van der Waals surface area contributed by atoms with E-state index in [9.17, 15) is 17.6 Å². The summed E-state index contributed by atoms with van der Waals surface area (Å²) in [6.07, 6.45) is 1.40. The molecule has 1 heterocycles. The average molecular weight is 300 g/mol. The highest BCUT2D eigenvalue weighted by atomic mass is 19.3. The first kappa shape index (κ1) is 15.2. The van der Waals surface area contributed by atoms with Crippen molar-refractivity contribution in [2.45, 2.75) is 12.3 Å². The summed E-state index contributed by atoms with van der Waals surface area (Å²) in [5.74, 6) is -3.45. The van der Waals surface area contributed by atoms with E-state index in [1.807, 2.05) is 0 Å². The quantitative estimate of drug-likeness (QED) is 0.741. The zero-order valence-corrected chi connectivity index (χ0v) is 10.8. The number of hydrogen-bond acceptors (Lipinski definition) is 3. The van der Waals surface area contributed by atoms with Crippen LogP contribution >= 0.6 is 0 Å². The highest BCUT2D eigenvalue weighted by Gasteiger charge is 2.41. The first-order valence-electron chi connectivity index (χ1n) is 6.11. The monoisotopic (exact) mass is 300 g/mol. The van der Waals surface area contributed by atoms with Crippen LogP contribution in [-0.4, -0.2) is 37.5 Å². The minimum atomic E-state index is -4.16. The van der Waals surface area contributed by atoms with Gasteiger partial charge in [-0.3, -0.25) is 4.99 Å². The lowest BCUT2D eigenvalue weighted by Gasteiger charge is -2.15. The van der Waals surface area contributed by atoms with Crippen molar-refractivity contribution in [2.75, 3.05) is 13.2 Å². The fourth-order valence-corrected chi connectivity index (χ4v) is 1.49. The Morgan fingerprint density at radius 3 is 2.48 bits per heavy atom. The lowest BCUT2D eigenvalue weighted by Crippen LogP contribution is -2.33. The third kappa shape index (κ3) is 4.40. The minimum absolute atomic E-state index is 0.101. The fraction of sp³-hybridized carbons (Fsp3) is 0.286. The zero-order chi connectivity index (χ0) is 15.3. The molecule has 0 amide bonds. The molecule has 0 atom stereocenters. The summed E-state index contributed by atoms with van der Waals surface area (Å²) in [5.41, 5.74) is 0.785. The predicted octanol–water partition coefficient (Wildman–Crippen LogP) is 3.46. The van der Waals surface area contributed by atoms with Crippen LogP contribution in [0.3, 0.4) is 0 Å². The molecule has 1 aliphatic heterocycles. The largest absolute Gasteiger partial charge is 0.487 e. The molecule has 0 spiro atoms. The molecule has 0 aliphatic carbocycles. The number of benzene rings is 1. The van der Waals surface area contributed by atoms with Crippen molar-refractivity contribution in [2.24, 2.45) is 9.98 Å². The molecular weight excluding hydrogens is 288 g/mol. The number of halogens is 4. The van der Waals surface area contributed by atoms with E-state index in [1.54, 1.807) is 30.5 Å². The third-order valence-corrected chi connectivity index (χ3v) is 2.61. The standard InChI is InChI=1S/C14H12F4N2O/c15-13(16)14(17,18)9-21-11-4-1-10(2-5-11)3-6-12-19-7-8-20-12/h1-7,13H,8-9H2/b6-3+. The summed E-state index contributed by atoms with van der Waals surface area (Å²) in [5, 5.41) is 0. The van der Waals surface area contributed by atoms with Crippen LogP contribution in [0.25, 0.3) is 6.08 Å². The second-order valence-electron chi connectivity index (χ2n) is 4.26. The smallest absolute Gasteiger partial charge is 0.340 e. The van der Waals surface area contributed by atoms with Gasteiger partial charge in [0, 0.05) is 6.21 Å². The van der Waals surface area contributed by atoms with Crippen LogP contribution in [0.1, 0.15) is 5.56 Å². The molecule has 0 fully saturated rings. The third-order valence-electron chi connectivity index (χ3n) is 2.61. The second kappa shape index (κ2) is 6.51. The topological polar surface area (TPSA) is 34.0 Å². The lowest BCUT2D eigenvalue weighted by molar-refractivity contribution is -0.148. The van der Waals surface area contributed by atoms with Crippen LogP contribution in [0.15, 0.2) is 40.3 Å². The Labute approximate surface area is 118 Å². The van der Waals surface area contributed by atoms with Crippen LogP contribution in [0, 0.1) is 0 Å². The predicted molar refractivity (Wildman–Crippen MR) is 72.7 cm³/mol. The summed E-state index contributed by atoms with van der Waals surface area (Å²) in [4.78, 5) is 8.07. The van der Waals surface area contributed by atoms with Crippen molar-refractivity contribution in [3.05, 3.63) is 35.9 Å². The number of rotatable bonds is 6. The molecule has 0 saturated carbocycles. The van der Waals surface area contributed by atoms with Gasteiger partial charge in [-0.1, -0.05) is 18.2 Å². The van der Waals surface area contributed by atoms with E-state index in [1.165, 1.54) is 12.1 Å². The van der Waals surface area contributed by atoms with Gasteiger partial charge in [0.25, 0.3) is 0 Å². The normalized spacial score (nSPS) is 15.0. The van der Waals surface area contributed by atoms with Crippen molar-refractivity contribution in [1.29, 1.82) is 0 Å². The van der Waals surface area contributed by atoms with Crippen molar-refractivity contribution < 1.29 is 22.3 Å². The maximum atomic E-state index is 12.7. The van der Waals surface area contributed by atoms with Gasteiger partial charge in [0.15, 0.2) is 6.61 Å². The van der Waals surface area contributed by atoms with Crippen molar-refractivity contribution in [1.82, 2.24) is 0 Å². The molecule has 112 valence electrons. The molecule has 2 rings (SSSR count). The van der Waals surface area contributed by atoms with Gasteiger partial charge in [0.1, 0.15) is 11.6 Å². The number of aliphatic imine (C=N–C) groups is 2. The van der Waals surface area contributed by atoms with Gasteiger partial charge in [-0.25, -0.2) is 13.8 Å². The van der Waals surface area contributed by atoms with E-state index in [0.717, 1.165) is 5.56 Å². The fourth-order valence-electron chi connectivity index (χ4n) is 1.49. The van der Waals surface area contributed by atoms with Crippen molar-refractivity contribution in [3.8, 4) is 5.75 Å². The number of amidine groups is 1. The number of hydrogen-bond donors (Lipinski definition) is 0. The van der Waals surface area contributed by atoms with Crippen molar-refractivity contribution >= 4 is 18.1 Å². The SMILES string of the molecule is FC(F)C(F)(F)COc1ccc(/C=C/C2=NCC=N2)cc1. The van der Waals surface area contributed by atoms with Gasteiger partial charge in [-0.05, 0) is 23.8 Å². The summed E-state index contributed by atoms with van der Waals surface area (Å²) in [6.45, 7) is -0.795. The molecular formula is C14H12F4N2O. The van der Waals surface area contributed by atoms with Crippen LogP contribution < -0.4 is 4.74 Å². The minimum Gasteiger partial charge on any atom is -0.487 e. The van der Waals surface area contributed by atoms with Gasteiger partial charge in [0.2, 0.25) is 0 Å². The first-order chi connectivity index (χ1) is 9.97. The number of alkyl halides is 4. The highest BCUT2D eigenvalue weighted by molar-refractivity contribution is 6.04. The molecule has 7 heteroatoms. The Balaban J connectivity index is 1.91. The summed E-state index contributed by atoms with van der Waals surface area (Å²) in [6, 6.07) is 6.10. The Morgan fingerprint density at radius 2 is 1.90 bits per heavy atom. The van der Waals surface area contributed by atoms with E-state index in [0.29, 0.717) is 12.4 Å². The zero-order valence-electron chi connectivity index (χ0n) is 10.8. The van der Waals surface area contributed by atoms with Crippen molar-refractivity contribution in [3.63, 3.8) is 0 Å². The Hall–Kier alpha value is -2.18. The second-order valence-corrected chi connectivity index (χ2v) is 4.26. The average Bonchev–Trinajstić information content (AvgIpc) is 2.97. The molecule has 3 nitrogen and oxygen atoms in total. The molecule has 0 N–H and O–H groups in total. The molecule has 0 unspecified atom stereocenters. The Bertz CT molecular complexity index is 565. The number of nitrogens with zero attached hydrogens (tertiary/aromatic N) is 2. The van der Waals surface area contributed by atoms with E-state index >= 15 is 0 Å². The van der Waals surface area contributed by atoms with Crippen LogP contribution in [0.2, 0.25) is 0 Å². The molecule has 0 bridgehead atoms. The summed E-state index contributed by atoms with van der Waals surface area (Å²) < 4.78 is 54.0. The number of ether oxygens (including phenoxy) is 1. The van der Waals surface area contributed by atoms with E-state index in [-0.39, 0.29) is 5.75 Å². The molecule has 1 aliphatic rings. The van der Waals surface area contributed by atoms with Gasteiger partial charge in [-0.2, -0.15) is 8.78 Å². The van der Waals surface area contributed by atoms with Gasteiger partial charge in [-0.15, -0.1) is 0 Å². The van der Waals surface area contributed by atoms with Gasteiger partial charge in [0.05, 0.1) is 6.54 Å². The maximum Gasteiger partial charge on any atom is 0.340 e. The molecule has 0 aromatic heterocycles. The van der Waals surface area contributed by atoms with E-state index in [4.69, 9.17) is 0 Å². The van der Waals surface area contributed by atoms with Crippen LogP contribution in [0.4, 0.5) is 17.6 Å². The molecule has 0 radical (unpaired) electrons. The molecule has 21 heavy (non-hydrogen) atoms. The maximum absolute atomic E-state index is 12.7. The Morgan fingerprint density at radius 1 is 1.19 bits per heavy atom. The summed E-state index contributed by atoms with van der Waals surface area (Å²) in [7, 11) is 0. The van der Waals surface area contributed by atoms with Crippen LogP contribution in [0.5, 0.6) is 5.75 Å². The summed E-state index contributed by atoms with van der Waals surface area (Å²) >= 11 is 0. The van der Waals surface area contributed by atoms with E-state index < -0.39 is 19.0 Å². The Kier molecular flexibility index (Phi) is 4.72. The molecule has 0 saturated heterocycles. The molecule has 1 aromatic rings. The van der Waals surface area contributed by atoms with Gasteiger partial charge < -0.3 is 4.74 Å².